The predicted octanol–water partition coefficient (Wildman–Crippen LogP) is 1.66. The maximum Gasteiger partial charge on any atom is 0.0469 e. The lowest BCUT2D eigenvalue weighted by molar-refractivity contribution is 0.103. The van der Waals surface area contributed by atoms with Gasteiger partial charge >= 0.3 is 0 Å². The largest absolute Gasteiger partial charge is 0.381 e. The first-order chi connectivity index (χ1) is 5.79. The van der Waals surface area contributed by atoms with Gasteiger partial charge in [0, 0.05) is 13.2 Å². The Kier molecular flexibility index (Phi) is 4.62. The summed E-state index contributed by atoms with van der Waals surface area (Å²) < 4.78 is 5.52. The van der Waals surface area contributed by atoms with Crippen molar-refractivity contribution in [2.45, 2.75) is 26.7 Å². The molecule has 1 heterocycles. The zero-order valence-electron chi connectivity index (χ0n) is 8.31. The zero-order chi connectivity index (χ0) is 8.81. The third-order valence-corrected chi connectivity index (χ3v) is 2.38. The summed E-state index contributed by atoms with van der Waals surface area (Å²) in [6.07, 6.45) is 2.44. The molecule has 0 spiro atoms. The Morgan fingerprint density at radius 3 is 2.58 bits per heavy atom. The Hall–Kier alpha value is -0.0800. The van der Waals surface area contributed by atoms with Gasteiger partial charge in [0.2, 0.25) is 0 Å². The number of hydrogen-bond donors (Lipinski definition) is 1. The molecule has 1 fully saturated rings. The van der Waals surface area contributed by atoms with E-state index in [0.29, 0.717) is 0 Å². The van der Waals surface area contributed by atoms with Gasteiger partial charge in [-0.05, 0) is 37.8 Å². The number of rotatable bonds is 6. The molecule has 0 atom stereocenters. The fraction of sp³-hybridized carbons (Fsp3) is 1.00. The van der Waals surface area contributed by atoms with Gasteiger partial charge < -0.3 is 10.1 Å². The van der Waals surface area contributed by atoms with Crippen molar-refractivity contribution in [2.75, 3.05) is 26.3 Å². The molecule has 1 rings (SSSR count). The zero-order valence-corrected chi connectivity index (χ0v) is 8.31. The Bertz CT molecular complexity index is 110. The van der Waals surface area contributed by atoms with Crippen molar-refractivity contribution in [1.29, 1.82) is 0 Å². The fourth-order valence-corrected chi connectivity index (χ4v) is 1.22. The third-order valence-electron chi connectivity index (χ3n) is 2.38. The van der Waals surface area contributed by atoms with Crippen molar-refractivity contribution in [3.05, 3.63) is 0 Å². The normalized spacial score (nSPS) is 18.2. The van der Waals surface area contributed by atoms with E-state index in [9.17, 15) is 0 Å². The molecule has 2 heteroatoms. The highest BCUT2D eigenvalue weighted by Gasteiger charge is 2.15. The van der Waals surface area contributed by atoms with Crippen LogP contribution in [-0.4, -0.2) is 26.3 Å². The molecular formula is C10H21NO. The van der Waals surface area contributed by atoms with Crippen LogP contribution in [0.5, 0.6) is 0 Å². The molecule has 0 saturated carbocycles. The maximum absolute atomic E-state index is 5.52. The molecular weight excluding hydrogens is 150 g/mol. The van der Waals surface area contributed by atoms with E-state index in [4.69, 9.17) is 4.74 Å². The highest BCUT2D eigenvalue weighted by molar-refractivity contribution is 4.73. The van der Waals surface area contributed by atoms with E-state index < -0.39 is 0 Å². The third kappa shape index (κ3) is 4.07. The van der Waals surface area contributed by atoms with Crippen LogP contribution in [0.15, 0.2) is 0 Å². The van der Waals surface area contributed by atoms with Crippen LogP contribution in [0.2, 0.25) is 0 Å². The minimum atomic E-state index is 0.773. The van der Waals surface area contributed by atoms with Gasteiger partial charge in [-0.25, -0.2) is 0 Å². The van der Waals surface area contributed by atoms with Gasteiger partial charge in [-0.1, -0.05) is 13.8 Å². The Labute approximate surface area is 75.7 Å². The summed E-state index contributed by atoms with van der Waals surface area (Å²) >= 11 is 0. The van der Waals surface area contributed by atoms with Gasteiger partial charge in [-0.15, -0.1) is 0 Å². The van der Waals surface area contributed by atoms with Crippen molar-refractivity contribution in [3.63, 3.8) is 0 Å². The summed E-state index contributed by atoms with van der Waals surface area (Å²) in [5.41, 5.74) is 0. The molecule has 0 bridgehead atoms. The van der Waals surface area contributed by atoms with E-state index in [1.165, 1.54) is 25.9 Å². The second-order valence-electron chi connectivity index (χ2n) is 4.11. The van der Waals surface area contributed by atoms with Gasteiger partial charge in [0.1, 0.15) is 0 Å². The monoisotopic (exact) mass is 171 g/mol. The van der Waals surface area contributed by atoms with Crippen LogP contribution < -0.4 is 5.32 Å². The SMILES string of the molecule is CC(C)CCOCCC1CNC1. The maximum atomic E-state index is 5.52. The second kappa shape index (κ2) is 5.55. The van der Waals surface area contributed by atoms with Crippen molar-refractivity contribution in [3.8, 4) is 0 Å². The van der Waals surface area contributed by atoms with Gasteiger partial charge in [0.05, 0.1) is 0 Å². The van der Waals surface area contributed by atoms with E-state index in [2.05, 4.69) is 19.2 Å². The van der Waals surface area contributed by atoms with Crippen LogP contribution in [0.1, 0.15) is 26.7 Å². The summed E-state index contributed by atoms with van der Waals surface area (Å²) in [6, 6.07) is 0. The summed E-state index contributed by atoms with van der Waals surface area (Å²) in [4.78, 5) is 0. The molecule has 0 aromatic carbocycles. The highest BCUT2D eigenvalue weighted by atomic mass is 16.5. The smallest absolute Gasteiger partial charge is 0.0469 e. The quantitative estimate of drug-likeness (QED) is 0.614. The molecule has 0 aromatic rings. The van der Waals surface area contributed by atoms with Crippen molar-refractivity contribution < 1.29 is 4.74 Å². The molecule has 12 heavy (non-hydrogen) atoms. The van der Waals surface area contributed by atoms with Gasteiger partial charge in [0.25, 0.3) is 0 Å². The first-order valence-electron chi connectivity index (χ1n) is 5.07. The minimum Gasteiger partial charge on any atom is -0.381 e. The molecule has 0 aliphatic carbocycles. The van der Waals surface area contributed by atoms with Crippen LogP contribution in [0.25, 0.3) is 0 Å². The van der Waals surface area contributed by atoms with Crippen LogP contribution >= 0.6 is 0 Å². The summed E-state index contributed by atoms with van der Waals surface area (Å²) in [5.74, 6) is 1.67. The molecule has 0 amide bonds. The van der Waals surface area contributed by atoms with Gasteiger partial charge in [0.15, 0.2) is 0 Å². The molecule has 0 aromatic heterocycles. The summed E-state index contributed by atoms with van der Waals surface area (Å²) in [7, 11) is 0. The first-order valence-corrected chi connectivity index (χ1v) is 5.07. The standard InChI is InChI=1S/C10H21NO/c1-9(2)3-5-12-6-4-10-7-11-8-10/h9-11H,3-8H2,1-2H3. The molecule has 1 aliphatic rings. The van der Waals surface area contributed by atoms with Gasteiger partial charge in [-0.3, -0.25) is 0 Å². The summed E-state index contributed by atoms with van der Waals surface area (Å²) in [5, 5.41) is 3.26. The second-order valence-corrected chi connectivity index (χ2v) is 4.11. The number of nitrogens with one attached hydrogen (secondary N) is 1. The summed E-state index contributed by atoms with van der Waals surface area (Å²) in [6.45, 7) is 8.77. The first kappa shape index (κ1) is 10.0. The average molecular weight is 171 g/mol. The van der Waals surface area contributed by atoms with Crippen LogP contribution in [-0.2, 0) is 4.74 Å². The highest BCUT2D eigenvalue weighted by Crippen LogP contribution is 2.08. The Balaban J connectivity index is 1.76. The molecule has 2 nitrogen and oxygen atoms in total. The topological polar surface area (TPSA) is 21.3 Å². The fourth-order valence-electron chi connectivity index (χ4n) is 1.22. The molecule has 1 aliphatic heterocycles. The van der Waals surface area contributed by atoms with Crippen molar-refractivity contribution in [1.82, 2.24) is 5.32 Å². The van der Waals surface area contributed by atoms with E-state index in [0.717, 1.165) is 25.0 Å². The minimum absolute atomic E-state index is 0.773. The number of ether oxygens (including phenoxy) is 1. The Morgan fingerprint density at radius 2 is 2.08 bits per heavy atom. The Morgan fingerprint density at radius 1 is 1.33 bits per heavy atom. The van der Waals surface area contributed by atoms with E-state index in [-0.39, 0.29) is 0 Å². The van der Waals surface area contributed by atoms with Crippen molar-refractivity contribution >= 4 is 0 Å². The van der Waals surface area contributed by atoms with Crippen molar-refractivity contribution in [2.24, 2.45) is 11.8 Å². The lowest BCUT2D eigenvalue weighted by atomic mass is 10.0. The number of hydrogen-bond acceptors (Lipinski definition) is 2. The lowest BCUT2D eigenvalue weighted by Gasteiger charge is -2.26. The molecule has 72 valence electrons. The van der Waals surface area contributed by atoms with Crippen LogP contribution in [0, 0.1) is 11.8 Å². The van der Waals surface area contributed by atoms with E-state index >= 15 is 0 Å². The van der Waals surface area contributed by atoms with Gasteiger partial charge in [-0.2, -0.15) is 0 Å². The molecule has 1 N–H and O–H groups in total. The lowest BCUT2D eigenvalue weighted by Crippen LogP contribution is -2.42. The van der Waals surface area contributed by atoms with E-state index in [1.54, 1.807) is 0 Å². The average Bonchev–Trinajstić information content (AvgIpc) is 1.92. The van der Waals surface area contributed by atoms with E-state index in [1.807, 2.05) is 0 Å². The van der Waals surface area contributed by atoms with Crippen LogP contribution in [0.4, 0.5) is 0 Å². The molecule has 1 saturated heterocycles. The molecule has 0 unspecified atom stereocenters. The van der Waals surface area contributed by atoms with Crippen LogP contribution in [0.3, 0.4) is 0 Å². The predicted molar refractivity (Wildman–Crippen MR) is 51.3 cm³/mol. The molecule has 0 radical (unpaired) electrons.